The van der Waals surface area contributed by atoms with Gasteiger partial charge in [0.2, 0.25) is 0 Å². The molecule has 0 amide bonds. The Morgan fingerprint density at radius 1 is 1.58 bits per heavy atom. The Morgan fingerprint density at radius 2 is 2.32 bits per heavy atom. The number of ether oxygens (including phenoxy) is 1. The Bertz CT molecular complexity index is 524. The lowest BCUT2D eigenvalue weighted by molar-refractivity contribution is 0.0405. The number of halogens is 1. The summed E-state index contributed by atoms with van der Waals surface area (Å²) in [6, 6.07) is 5.29. The average Bonchev–Trinajstić information content (AvgIpc) is 2.74. The fourth-order valence-electron chi connectivity index (χ4n) is 1.85. The minimum absolute atomic E-state index is 0.556. The highest BCUT2D eigenvalue weighted by molar-refractivity contribution is 7.78. The number of hydrazine groups is 2. The predicted octanol–water partition coefficient (Wildman–Crippen LogP) is 0.962. The van der Waals surface area contributed by atoms with Crippen LogP contribution in [-0.2, 0) is 0 Å². The number of benzene rings is 1. The van der Waals surface area contributed by atoms with Crippen molar-refractivity contribution in [3.05, 3.63) is 28.8 Å². The van der Waals surface area contributed by atoms with E-state index in [1.54, 1.807) is 36.4 Å². The monoisotopic (exact) mass is 299 g/mol. The van der Waals surface area contributed by atoms with Crippen LogP contribution >= 0.6 is 23.8 Å². The van der Waals surface area contributed by atoms with Crippen LogP contribution in [0.4, 0.5) is 0 Å². The van der Waals surface area contributed by atoms with E-state index < -0.39 is 6.29 Å². The van der Waals surface area contributed by atoms with Gasteiger partial charge in [0.15, 0.2) is 12.1 Å². The van der Waals surface area contributed by atoms with Gasteiger partial charge in [-0.3, -0.25) is 5.73 Å². The number of hydrogen-bond donors (Lipinski definition) is 2. The number of nitrogens with one attached hydrogen (secondary N) is 1. The van der Waals surface area contributed by atoms with Crippen molar-refractivity contribution in [2.75, 3.05) is 14.2 Å². The molecule has 1 aromatic rings. The van der Waals surface area contributed by atoms with Gasteiger partial charge in [-0.2, -0.15) is 0 Å². The summed E-state index contributed by atoms with van der Waals surface area (Å²) in [6.07, 6.45) is -0.556. The largest absolute Gasteiger partial charge is 0.496 e. The zero-order chi connectivity index (χ0) is 14.0. The molecule has 0 saturated carbocycles. The highest BCUT2D eigenvalue weighted by Gasteiger charge is 2.31. The molecule has 0 aliphatic carbocycles. The van der Waals surface area contributed by atoms with E-state index in [0.29, 0.717) is 16.6 Å². The Balaban J connectivity index is 2.46. The minimum Gasteiger partial charge on any atom is -0.496 e. The first-order chi connectivity index (χ1) is 9.12. The number of amidine groups is 1. The summed E-state index contributed by atoms with van der Waals surface area (Å²) in [6.45, 7) is 0. The number of rotatable bonds is 4. The summed E-state index contributed by atoms with van der Waals surface area (Å²) >= 11 is 11.0. The smallest absolute Gasteiger partial charge is 0.187 e. The van der Waals surface area contributed by atoms with Crippen molar-refractivity contribution < 1.29 is 4.74 Å². The molecule has 0 aromatic heterocycles. The van der Waals surface area contributed by atoms with Crippen LogP contribution in [0.1, 0.15) is 5.56 Å². The third-order valence-corrected chi connectivity index (χ3v) is 3.12. The molecule has 102 valence electrons. The number of nitrogens with zero attached hydrogens (tertiary/aromatic N) is 3. The van der Waals surface area contributed by atoms with Crippen molar-refractivity contribution in [3.63, 3.8) is 0 Å². The molecule has 0 spiro atoms. The van der Waals surface area contributed by atoms with Crippen molar-refractivity contribution in [1.29, 1.82) is 0 Å². The number of hydrogen-bond acceptors (Lipinski definition) is 6. The van der Waals surface area contributed by atoms with Crippen LogP contribution in [0.15, 0.2) is 23.2 Å². The lowest BCUT2D eigenvalue weighted by Gasteiger charge is -2.27. The van der Waals surface area contributed by atoms with Gasteiger partial charge in [0.25, 0.3) is 0 Å². The summed E-state index contributed by atoms with van der Waals surface area (Å²) in [4.78, 5) is 4.36. The SMILES string of the molecule is CNN1C(N)N=C(c2ccc(Cl)cc2OC)N1C=S. The molecule has 1 unspecified atom stereocenters. The van der Waals surface area contributed by atoms with E-state index in [-0.39, 0.29) is 0 Å². The van der Waals surface area contributed by atoms with Crippen LogP contribution < -0.4 is 15.9 Å². The Morgan fingerprint density at radius 3 is 2.89 bits per heavy atom. The molecule has 1 aliphatic rings. The second-order valence-corrected chi connectivity index (χ2v) is 4.38. The van der Waals surface area contributed by atoms with Gasteiger partial charge in [-0.05, 0) is 18.2 Å². The molecular weight excluding hydrogens is 286 g/mol. The Labute approximate surface area is 121 Å². The van der Waals surface area contributed by atoms with Crippen LogP contribution in [0.25, 0.3) is 0 Å². The van der Waals surface area contributed by atoms with Gasteiger partial charge in [0.1, 0.15) is 5.75 Å². The minimum atomic E-state index is -0.556. The van der Waals surface area contributed by atoms with Gasteiger partial charge in [0.05, 0.1) is 18.2 Å². The summed E-state index contributed by atoms with van der Waals surface area (Å²) in [5.74, 6) is 1.21. The van der Waals surface area contributed by atoms with Crippen molar-refractivity contribution in [2.24, 2.45) is 10.7 Å². The topological polar surface area (TPSA) is 66.1 Å². The molecule has 3 N–H and O–H groups in total. The van der Waals surface area contributed by atoms with Crippen LogP contribution in [0.3, 0.4) is 0 Å². The Kier molecular flexibility index (Phi) is 4.33. The van der Waals surface area contributed by atoms with Gasteiger partial charge >= 0.3 is 0 Å². The van der Waals surface area contributed by atoms with Crippen molar-refractivity contribution in [2.45, 2.75) is 6.29 Å². The first-order valence-corrected chi connectivity index (χ1v) is 6.35. The lowest BCUT2D eigenvalue weighted by Crippen LogP contribution is -2.53. The molecule has 1 atom stereocenters. The van der Waals surface area contributed by atoms with E-state index in [0.717, 1.165) is 5.56 Å². The molecule has 8 heteroatoms. The molecule has 0 saturated heterocycles. The highest BCUT2D eigenvalue weighted by Crippen LogP contribution is 2.27. The molecule has 1 aromatic carbocycles. The third-order valence-electron chi connectivity index (χ3n) is 2.69. The van der Waals surface area contributed by atoms with Gasteiger partial charge in [-0.15, -0.1) is 5.12 Å². The molecule has 19 heavy (non-hydrogen) atoms. The lowest BCUT2D eigenvalue weighted by atomic mass is 10.2. The quantitative estimate of drug-likeness (QED) is 0.808. The van der Waals surface area contributed by atoms with Crippen LogP contribution in [0.5, 0.6) is 5.75 Å². The summed E-state index contributed by atoms with van der Waals surface area (Å²) < 4.78 is 5.32. The molecule has 2 rings (SSSR count). The molecule has 0 radical (unpaired) electrons. The molecule has 1 heterocycles. The normalized spacial score (nSPS) is 19.5. The van der Waals surface area contributed by atoms with Crippen LogP contribution in [0, 0.1) is 0 Å². The van der Waals surface area contributed by atoms with Gasteiger partial charge in [0, 0.05) is 12.1 Å². The first kappa shape index (κ1) is 14.2. The van der Waals surface area contributed by atoms with E-state index in [1.165, 1.54) is 5.49 Å². The van der Waals surface area contributed by atoms with Crippen molar-refractivity contribution >= 4 is 35.1 Å². The first-order valence-electron chi connectivity index (χ1n) is 5.50. The van der Waals surface area contributed by atoms with Gasteiger partial charge in [-0.1, -0.05) is 23.8 Å². The van der Waals surface area contributed by atoms with Crippen molar-refractivity contribution in [1.82, 2.24) is 15.6 Å². The maximum atomic E-state index is 5.95. The Hall–Kier alpha value is -1.25. The van der Waals surface area contributed by atoms with Crippen LogP contribution in [-0.4, -0.2) is 41.9 Å². The second kappa shape index (κ2) is 5.81. The molecule has 0 fully saturated rings. The van der Waals surface area contributed by atoms with E-state index in [1.807, 2.05) is 6.07 Å². The molecule has 6 nitrogen and oxygen atoms in total. The van der Waals surface area contributed by atoms with Crippen molar-refractivity contribution in [3.8, 4) is 5.75 Å². The second-order valence-electron chi connectivity index (χ2n) is 3.73. The van der Waals surface area contributed by atoms with E-state index >= 15 is 0 Å². The van der Waals surface area contributed by atoms with Gasteiger partial charge in [-0.25, -0.2) is 15.4 Å². The summed E-state index contributed by atoms with van der Waals surface area (Å²) in [5, 5.41) is 3.84. The standard InChI is InChI=1S/C11H14ClN5OS/c1-14-17-11(13)15-10(16(17)6-19)8-4-3-7(12)5-9(8)18-2/h3-6,11,14H,13H2,1-2H3. The van der Waals surface area contributed by atoms with Gasteiger partial charge < -0.3 is 4.74 Å². The number of aliphatic imine (C=N–C) groups is 1. The molecule has 0 bridgehead atoms. The molecular formula is C11H14ClN5OS. The number of nitrogens with two attached hydrogens (primary N) is 1. The summed E-state index contributed by atoms with van der Waals surface area (Å²) in [7, 11) is 3.31. The van der Waals surface area contributed by atoms with E-state index in [9.17, 15) is 0 Å². The van der Waals surface area contributed by atoms with E-state index in [2.05, 4.69) is 10.4 Å². The number of thiocarbonyl (C=S) groups is 1. The molecule has 1 aliphatic heterocycles. The number of methoxy groups -OCH3 is 1. The fraction of sp³-hybridized carbons (Fsp3) is 0.273. The maximum absolute atomic E-state index is 5.95. The highest BCUT2D eigenvalue weighted by atomic mass is 35.5. The zero-order valence-corrected chi connectivity index (χ0v) is 12.1. The fourth-order valence-corrected chi connectivity index (χ4v) is 2.22. The van der Waals surface area contributed by atoms with Crippen LogP contribution in [0.2, 0.25) is 5.02 Å². The zero-order valence-electron chi connectivity index (χ0n) is 10.5. The van der Waals surface area contributed by atoms with E-state index in [4.69, 9.17) is 34.3 Å². The average molecular weight is 300 g/mol. The maximum Gasteiger partial charge on any atom is 0.187 e. The third kappa shape index (κ3) is 2.56. The predicted molar refractivity (Wildman–Crippen MR) is 78.9 cm³/mol. The summed E-state index contributed by atoms with van der Waals surface area (Å²) in [5.41, 5.74) is 11.0.